The third-order valence-electron chi connectivity index (χ3n) is 2.47. The summed E-state index contributed by atoms with van der Waals surface area (Å²) in [5.41, 5.74) is 1.22. The lowest BCUT2D eigenvalue weighted by Crippen LogP contribution is -1.94. The summed E-state index contributed by atoms with van der Waals surface area (Å²) in [4.78, 5) is 10.7. The van der Waals surface area contributed by atoms with Crippen LogP contribution in [0.15, 0.2) is 45.5 Å². The van der Waals surface area contributed by atoms with Gasteiger partial charge in [-0.3, -0.25) is 0 Å². The molecule has 0 spiro atoms. The molecule has 2 aromatic heterocycles. The maximum atomic E-state index is 10.7. The number of benzene rings is 1. The van der Waals surface area contributed by atoms with Crippen molar-refractivity contribution in [3.05, 3.63) is 42.3 Å². The van der Waals surface area contributed by atoms with Crippen molar-refractivity contribution in [1.82, 2.24) is 5.16 Å². The monoisotopic (exact) mass is 229 g/mol. The molecule has 1 aromatic carbocycles. The molecule has 0 amide bonds. The molecule has 84 valence electrons. The van der Waals surface area contributed by atoms with E-state index in [1.54, 1.807) is 12.3 Å². The van der Waals surface area contributed by atoms with Crippen molar-refractivity contribution >= 4 is 16.9 Å². The van der Waals surface area contributed by atoms with E-state index in [0.717, 1.165) is 5.39 Å². The van der Waals surface area contributed by atoms with Crippen molar-refractivity contribution in [2.24, 2.45) is 0 Å². The van der Waals surface area contributed by atoms with Gasteiger partial charge in [-0.1, -0.05) is 17.3 Å². The second kappa shape index (κ2) is 3.48. The van der Waals surface area contributed by atoms with Crippen LogP contribution >= 0.6 is 0 Å². The van der Waals surface area contributed by atoms with Crippen LogP contribution in [0, 0.1) is 0 Å². The lowest BCUT2D eigenvalue weighted by molar-refractivity contribution is 0.0686. The summed E-state index contributed by atoms with van der Waals surface area (Å²) in [6.45, 7) is 0. The van der Waals surface area contributed by atoms with E-state index in [9.17, 15) is 4.79 Å². The molecule has 0 bridgehead atoms. The fourth-order valence-electron chi connectivity index (χ4n) is 1.69. The van der Waals surface area contributed by atoms with Crippen molar-refractivity contribution < 1.29 is 18.8 Å². The molecular weight excluding hydrogens is 222 g/mol. The van der Waals surface area contributed by atoms with Crippen molar-refractivity contribution in [3.63, 3.8) is 0 Å². The van der Waals surface area contributed by atoms with Gasteiger partial charge >= 0.3 is 5.97 Å². The van der Waals surface area contributed by atoms with Gasteiger partial charge in [-0.25, -0.2) is 4.79 Å². The third-order valence-corrected chi connectivity index (χ3v) is 2.47. The Morgan fingerprint density at radius 3 is 2.94 bits per heavy atom. The third kappa shape index (κ3) is 1.48. The summed E-state index contributed by atoms with van der Waals surface area (Å²) >= 11 is 0. The molecule has 0 unspecified atom stereocenters. The Bertz CT molecular complexity index is 695. The molecule has 0 fully saturated rings. The van der Waals surface area contributed by atoms with Gasteiger partial charge in [0.15, 0.2) is 11.5 Å². The summed E-state index contributed by atoms with van der Waals surface area (Å²) in [5, 5.41) is 13.2. The number of hydrogen-bond donors (Lipinski definition) is 1. The topological polar surface area (TPSA) is 76.5 Å². The van der Waals surface area contributed by atoms with Crippen LogP contribution in [0.2, 0.25) is 0 Å². The number of carboxylic acid groups (broad SMARTS) is 1. The van der Waals surface area contributed by atoms with Crippen molar-refractivity contribution in [2.45, 2.75) is 0 Å². The first-order valence-corrected chi connectivity index (χ1v) is 4.92. The summed E-state index contributed by atoms with van der Waals surface area (Å²) in [7, 11) is 0. The molecule has 0 radical (unpaired) electrons. The molecule has 0 saturated carbocycles. The van der Waals surface area contributed by atoms with Gasteiger partial charge < -0.3 is 14.0 Å². The van der Waals surface area contributed by atoms with Gasteiger partial charge in [0.25, 0.3) is 0 Å². The SMILES string of the molecule is O=C(O)c1cc(-c2cccc3ccoc23)on1. The zero-order valence-corrected chi connectivity index (χ0v) is 8.58. The predicted molar refractivity (Wildman–Crippen MR) is 58.7 cm³/mol. The minimum atomic E-state index is -1.12. The quantitative estimate of drug-likeness (QED) is 0.731. The molecule has 2 heterocycles. The number of fused-ring (bicyclic) bond motifs is 1. The summed E-state index contributed by atoms with van der Waals surface area (Å²) in [6, 6.07) is 8.73. The average Bonchev–Trinajstić information content (AvgIpc) is 2.97. The molecule has 1 N–H and O–H groups in total. The normalized spacial score (nSPS) is 10.8. The Morgan fingerprint density at radius 1 is 1.29 bits per heavy atom. The maximum Gasteiger partial charge on any atom is 0.358 e. The summed E-state index contributed by atoms with van der Waals surface area (Å²) < 4.78 is 10.3. The molecule has 17 heavy (non-hydrogen) atoms. The van der Waals surface area contributed by atoms with Crippen LogP contribution in [-0.4, -0.2) is 16.2 Å². The highest BCUT2D eigenvalue weighted by molar-refractivity contribution is 5.92. The van der Waals surface area contributed by atoms with E-state index in [2.05, 4.69) is 5.16 Å². The van der Waals surface area contributed by atoms with Gasteiger partial charge in [-0.15, -0.1) is 0 Å². The van der Waals surface area contributed by atoms with Gasteiger partial charge in [-0.05, 0) is 12.1 Å². The number of carbonyl (C=O) groups is 1. The van der Waals surface area contributed by atoms with Crippen LogP contribution in [0.5, 0.6) is 0 Å². The Morgan fingerprint density at radius 2 is 2.18 bits per heavy atom. The highest BCUT2D eigenvalue weighted by Gasteiger charge is 2.15. The van der Waals surface area contributed by atoms with E-state index in [4.69, 9.17) is 14.0 Å². The Hall–Kier alpha value is -2.56. The van der Waals surface area contributed by atoms with Crippen LogP contribution < -0.4 is 0 Å². The molecule has 0 atom stereocenters. The zero-order chi connectivity index (χ0) is 11.8. The fourth-order valence-corrected chi connectivity index (χ4v) is 1.69. The van der Waals surface area contributed by atoms with Gasteiger partial charge in [-0.2, -0.15) is 0 Å². The van der Waals surface area contributed by atoms with Crippen LogP contribution in [0.25, 0.3) is 22.3 Å². The second-order valence-corrected chi connectivity index (χ2v) is 3.53. The number of furan rings is 1. The van der Waals surface area contributed by atoms with Crippen molar-refractivity contribution in [1.29, 1.82) is 0 Å². The lowest BCUT2D eigenvalue weighted by atomic mass is 10.1. The van der Waals surface area contributed by atoms with Gasteiger partial charge in [0.2, 0.25) is 0 Å². The number of aromatic carboxylic acids is 1. The van der Waals surface area contributed by atoms with E-state index in [0.29, 0.717) is 16.9 Å². The highest BCUT2D eigenvalue weighted by atomic mass is 16.5. The van der Waals surface area contributed by atoms with Crippen LogP contribution in [0.3, 0.4) is 0 Å². The molecule has 5 heteroatoms. The summed E-state index contributed by atoms with van der Waals surface area (Å²) in [5.74, 6) is -0.741. The molecule has 3 aromatic rings. The van der Waals surface area contributed by atoms with Crippen molar-refractivity contribution in [3.8, 4) is 11.3 Å². The number of carboxylic acids is 1. The van der Waals surface area contributed by atoms with E-state index in [1.807, 2.05) is 18.2 Å². The minimum Gasteiger partial charge on any atom is -0.476 e. The highest BCUT2D eigenvalue weighted by Crippen LogP contribution is 2.29. The summed E-state index contributed by atoms with van der Waals surface area (Å²) in [6.07, 6.45) is 1.57. The Balaban J connectivity index is 2.19. The van der Waals surface area contributed by atoms with E-state index in [-0.39, 0.29) is 5.69 Å². The smallest absolute Gasteiger partial charge is 0.358 e. The van der Waals surface area contributed by atoms with Crippen molar-refractivity contribution in [2.75, 3.05) is 0 Å². The van der Waals surface area contributed by atoms with Gasteiger partial charge in [0, 0.05) is 11.5 Å². The number of hydrogen-bond acceptors (Lipinski definition) is 4. The second-order valence-electron chi connectivity index (χ2n) is 3.53. The Kier molecular flexibility index (Phi) is 1.98. The zero-order valence-electron chi connectivity index (χ0n) is 8.58. The molecule has 0 aliphatic rings. The lowest BCUT2D eigenvalue weighted by Gasteiger charge is -1.95. The number of nitrogens with zero attached hydrogens (tertiary/aromatic N) is 1. The van der Waals surface area contributed by atoms with Gasteiger partial charge in [0.1, 0.15) is 5.58 Å². The number of rotatable bonds is 2. The minimum absolute atomic E-state index is 0.122. The number of para-hydroxylation sites is 1. The molecule has 3 rings (SSSR count). The molecule has 0 aliphatic heterocycles. The van der Waals surface area contributed by atoms with E-state index in [1.165, 1.54) is 6.07 Å². The predicted octanol–water partition coefficient (Wildman–Crippen LogP) is 2.79. The van der Waals surface area contributed by atoms with E-state index < -0.39 is 5.97 Å². The van der Waals surface area contributed by atoms with Crippen LogP contribution in [0.4, 0.5) is 0 Å². The van der Waals surface area contributed by atoms with Gasteiger partial charge in [0.05, 0.1) is 11.8 Å². The average molecular weight is 229 g/mol. The Labute approximate surface area is 95.3 Å². The number of aromatic nitrogens is 1. The fraction of sp³-hybridized carbons (Fsp3) is 0. The van der Waals surface area contributed by atoms with Crippen LogP contribution in [-0.2, 0) is 0 Å². The first kappa shape index (κ1) is 9.65. The van der Waals surface area contributed by atoms with E-state index >= 15 is 0 Å². The first-order chi connectivity index (χ1) is 8.25. The first-order valence-electron chi connectivity index (χ1n) is 4.92. The molecule has 0 aliphatic carbocycles. The standard InChI is InChI=1S/C12H7NO4/c14-12(15)9-6-10(17-13-9)8-3-1-2-7-4-5-16-11(7)8/h1-6H,(H,14,15). The molecule has 0 saturated heterocycles. The van der Waals surface area contributed by atoms with Crippen LogP contribution in [0.1, 0.15) is 10.5 Å². The maximum absolute atomic E-state index is 10.7. The largest absolute Gasteiger partial charge is 0.476 e. The molecule has 5 nitrogen and oxygen atoms in total. The molecular formula is C12H7NO4.